The largest absolute Gasteiger partial charge is 0.392 e. The van der Waals surface area contributed by atoms with Crippen LogP contribution in [0.3, 0.4) is 0 Å². The van der Waals surface area contributed by atoms with Crippen LogP contribution in [0.2, 0.25) is 0 Å². The van der Waals surface area contributed by atoms with Gasteiger partial charge in [0.2, 0.25) is 0 Å². The van der Waals surface area contributed by atoms with Crippen LogP contribution in [0.1, 0.15) is 32.3 Å². The Morgan fingerprint density at radius 3 is 2.50 bits per heavy atom. The smallest absolute Gasteiger partial charge is 0.137 e. The van der Waals surface area contributed by atoms with Gasteiger partial charge in [-0.3, -0.25) is 0 Å². The number of aliphatic hydroxyl groups excluding tert-OH is 1. The normalized spacial score (nSPS) is 12.9. The summed E-state index contributed by atoms with van der Waals surface area (Å²) in [5, 5.41) is 9.37. The lowest BCUT2D eigenvalue weighted by Gasteiger charge is -2.24. The average molecular weight is 224 g/mol. The first-order chi connectivity index (χ1) is 7.43. The minimum absolute atomic E-state index is 0.257. The number of hydrogen-bond acceptors (Lipinski definition) is 5. The standard InChI is InChI=1S/C11H20N4O/c1-7(2)9-10(12)13-6-14-11(9)15(4)5-8(3)16/h6-8,16H,5H2,1-4H3,(H2,12,13,14). The molecule has 1 heterocycles. The van der Waals surface area contributed by atoms with Gasteiger partial charge in [0, 0.05) is 19.2 Å². The summed E-state index contributed by atoms with van der Waals surface area (Å²) in [4.78, 5) is 10.1. The number of anilines is 2. The Bertz CT molecular complexity index is 352. The fraction of sp³-hybridized carbons (Fsp3) is 0.636. The number of hydrogen-bond donors (Lipinski definition) is 2. The van der Waals surface area contributed by atoms with Gasteiger partial charge >= 0.3 is 0 Å². The van der Waals surface area contributed by atoms with Crippen molar-refractivity contribution in [2.24, 2.45) is 0 Å². The van der Waals surface area contributed by atoms with Gasteiger partial charge in [0.1, 0.15) is 18.0 Å². The van der Waals surface area contributed by atoms with Crippen LogP contribution in [0.4, 0.5) is 11.6 Å². The van der Waals surface area contributed by atoms with Crippen molar-refractivity contribution in [3.05, 3.63) is 11.9 Å². The lowest BCUT2D eigenvalue weighted by molar-refractivity contribution is 0.201. The van der Waals surface area contributed by atoms with Crippen LogP contribution in [0.25, 0.3) is 0 Å². The van der Waals surface area contributed by atoms with Crippen molar-refractivity contribution in [1.29, 1.82) is 0 Å². The third kappa shape index (κ3) is 2.82. The molecule has 90 valence electrons. The molecule has 1 rings (SSSR count). The summed E-state index contributed by atoms with van der Waals surface area (Å²) in [7, 11) is 1.89. The molecule has 5 heteroatoms. The van der Waals surface area contributed by atoms with Crippen molar-refractivity contribution in [3.63, 3.8) is 0 Å². The number of rotatable bonds is 4. The lowest BCUT2D eigenvalue weighted by atomic mass is 10.0. The van der Waals surface area contributed by atoms with E-state index < -0.39 is 6.10 Å². The number of nitrogen functional groups attached to an aromatic ring is 1. The maximum atomic E-state index is 9.37. The van der Waals surface area contributed by atoms with Gasteiger partial charge in [-0.15, -0.1) is 0 Å². The molecule has 1 aromatic heterocycles. The van der Waals surface area contributed by atoms with Gasteiger partial charge in [-0.2, -0.15) is 0 Å². The van der Waals surface area contributed by atoms with Crippen molar-refractivity contribution in [1.82, 2.24) is 9.97 Å². The molecule has 0 bridgehead atoms. The highest BCUT2D eigenvalue weighted by Gasteiger charge is 2.16. The highest BCUT2D eigenvalue weighted by atomic mass is 16.3. The van der Waals surface area contributed by atoms with Crippen LogP contribution in [-0.2, 0) is 0 Å². The van der Waals surface area contributed by atoms with Gasteiger partial charge in [-0.1, -0.05) is 13.8 Å². The first-order valence-electron chi connectivity index (χ1n) is 5.43. The van der Waals surface area contributed by atoms with E-state index >= 15 is 0 Å². The average Bonchev–Trinajstić information content (AvgIpc) is 2.15. The molecular formula is C11H20N4O. The van der Waals surface area contributed by atoms with Gasteiger partial charge < -0.3 is 15.7 Å². The predicted octanol–water partition coefficient (Wildman–Crippen LogP) is 0.999. The van der Waals surface area contributed by atoms with Crippen molar-refractivity contribution >= 4 is 11.6 Å². The van der Waals surface area contributed by atoms with E-state index in [4.69, 9.17) is 5.73 Å². The van der Waals surface area contributed by atoms with E-state index in [1.54, 1.807) is 6.92 Å². The van der Waals surface area contributed by atoms with E-state index in [1.807, 2.05) is 11.9 Å². The van der Waals surface area contributed by atoms with Crippen LogP contribution >= 0.6 is 0 Å². The summed E-state index contributed by atoms with van der Waals surface area (Å²) in [6, 6.07) is 0. The van der Waals surface area contributed by atoms with Crippen molar-refractivity contribution < 1.29 is 5.11 Å². The third-order valence-corrected chi connectivity index (χ3v) is 2.37. The molecule has 5 nitrogen and oxygen atoms in total. The first-order valence-corrected chi connectivity index (χ1v) is 5.43. The molecule has 0 aromatic carbocycles. The number of likely N-dealkylation sites (N-methyl/N-ethyl adjacent to an activating group) is 1. The van der Waals surface area contributed by atoms with Crippen molar-refractivity contribution in [2.75, 3.05) is 24.2 Å². The molecule has 0 radical (unpaired) electrons. The van der Waals surface area contributed by atoms with Gasteiger partial charge in [-0.25, -0.2) is 9.97 Å². The SMILES string of the molecule is CC(O)CN(C)c1ncnc(N)c1C(C)C. The second kappa shape index (κ2) is 5.12. The number of aliphatic hydroxyl groups is 1. The molecule has 0 saturated heterocycles. The molecule has 0 fully saturated rings. The highest BCUT2D eigenvalue weighted by Crippen LogP contribution is 2.28. The van der Waals surface area contributed by atoms with E-state index in [0.717, 1.165) is 11.4 Å². The van der Waals surface area contributed by atoms with Gasteiger partial charge in [-0.05, 0) is 12.8 Å². The first kappa shape index (κ1) is 12.7. The van der Waals surface area contributed by atoms with Gasteiger partial charge in [0.15, 0.2) is 0 Å². The maximum absolute atomic E-state index is 9.37. The minimum atomic E-state index is -0.402. The van der Waals surface area contributed by atoms with Crippen LogP contribution in [0.5, 0.6) is 0 Å². The van der Waals surface area contributed by atoms with E-state index in [-0.39, 0.29) is 5.92 Å². The van der Waals surface area contributed by atoms with Crippen LogP contribution < -0.4 is 10.6 Å². The highest BCUT2D eigenvalue weighted by molar-refractivity contribution is 5.57. The zero-order chi connectivity index (χ0) is 12.3. The Morgan fingerprint density at radius 2 is 2.00 bits per heavy atom. The van der Waals surface area contributed by atoms with E-state index in [0.29, 0.717) is 12.4 Å². The molecular weight excluding hydrogens is 204 g/mol. The number of nitrogens with two attached hydrogens (primary N) is 1. The van der Waals surface area contributed by atoms with Crippen LogP contribution in [-0.4, -0.2) is 34.8 Å². The zero-order valence-electron chi connectivity index (χ0n) is 10.3. The summed E-state index contributed by atoms with van der Waals surface area (Å²) < 4.78 is 0. The number of nitrogens with zero attached hydrogens (tertiary/aromatic N) is 3. The molecule has 1 aromatic rings. The van der Waals surface area contributed by atoms with Crippen molar-refractivity contribution in [3.8, 4) is 0 Å². The van der Waals surface area contributed by atoms with Gasteiger partial charge in [0.25, 0.3) is 0 Å². The fourth-order valence-corrected chi connectivity index (χ4v) is 1.74. The fourth-order valence-electron chi connectivity index (χ4n) is 1.74. The monoisotopic (exact) mass is 224 g/mol. The Labute approximate surface area is 96.3 Å². The summed E-state index contributed by atoms with van der Waals surface area (Å²) in [6.45, 7) is 6.37. The van der Waals surface area contributed by atoms with E-state index in [9.17, 15) is 5.11 Å². The molecule has 0 saturated carbocycles. The molecule has 0 aliphatic carbocycles. The zero-order valence-corrected chi connectivity index (χ0v) is 10.3. The summed E-state index contributed by atoms with van der Waals surface area (Å²) >= 11 is 0. The molecule has 1 atom stereocenters. The topological polar surface area (TPSA) is 75.3 Å². The lowest BCUT2D eigenvalue weighted by Crippen LogP contribution is -2.29. The Kier molecular flexibility index (Phi) is 4.06. The summed E-state index contributed by atoms with van der Waals surface area (Å²) in [5.74, 6) is 1.56. The number of aromatic nitrogens is 2. The van der Waals surface area contributed by atoms with Crippen molar-refractivity contribution in [2.45, 2.75) is 32.8 Å². The van der Waals surface area contributed by atoms with E-state index in [2.05, 4.69) is 23.8 Å². The third-order valence-electron chi connectivity index (χ3n) is 2.37. The van der Waals surface area contributed by atoms with Crippen LogP contribution in [0.15, 0.2) is 6.33 Å². The molecule has 16 heavy (non-hydrogen) atoms. The second-order valence-electron chi connectivity index (χ2n) is 4.38. The molecule has 0 amide bonds. The molecule has 1 unspecified atom stereocenters. The summed E-state index contributed by atoms with van der Waals surface area (Å²) in [6.07, 6.45) is 1.05. The second-order valence-corrected chi connectivity index (χ2v) is 4.38. The molecule has 3 N–H and O–H groups in total. The van der Waals surface area contributed by atoms with Gasteiger partial charge in [0.05, 0.1) is 6.10 Å². The predicted molar refractivity (Wildman–Crippen MR) is 65.5 cm³/mol. The maximum Gasteiger partial charge on any atom is 0.137 e. The molecule has 0 aliphatic rings. The Balaban J connectivity index is 3.07. The Hall–Kier alpha value is -1.36. The Morgan fingerprint density at radius 1 is 1.38 bits per heavy atom. The quantitative estimate of drug-likeness (QED) is 0.798. The molecule has 0 spiro atoms. The van der Waals surface area contributed by atoms with E-state index in [1.165, 1.54) is 6.33 Å². The summed E-state index contributed by atoms with van der Waals surface area (Å²) in [5.41, 5.74) is 6.79. The minimum Gasteiger partial charge on any atom is -0.392 e. The van der Waals surface area contributed by atoms with Crippen LogP contribution in [0, 0.1) is 0 Å². The molecule has 0 aliphatic heterocycles.